The number of aliphatic carboxylic acids is 1. The molecule has 0 saturated heterocycles. The molecule has 1 amide bonds. The van der Waals surface area contributed by atoms with Crippen molar-refractivity contribution in [2.45, 2.75) is 6.92 Å². The van der Waals surface area contributed by atoms with Gasteiger partial charge in [-0.15, -0.1) is 0 Å². The first kappa shape index (κ1) is 12.4. The van der Waals surface area contributed by atoms with E-state index in [0.29, 0.717) is 13.2 Å². The van der Waals surface area contributed by atoms with E-state index in [0.717, 1.165) is 0 Å². The van der Waals surface area contributed by atoms with Crippen molar-refractivity contribution in [2.24, 2.45) is 5.92 Å². The number of ether oxygens (including phenoxy) is 2. The van der Waals surface area contributed by atoms with Crippen LogP contribution in [0.25, 0.3) is 0 Å². The van der Waals surface area contributed by atoms with Crippen LogP contribution < -0.4 is 0 Å². The van der Waals surface area contributed by atoms with E-state index < -0.39 is 11.9 Å². The molecule has 90 valence electrons. The Hall–Kier alpha value is -1.72. The smallest absolute Gasteiger partial charge is 0.308 e. The van der Waals surface area contributed by atoms with E-state index in [4.69, 9.17) is 14.6 Å². The second-order valence-corrected chi connectivity index (χ2v) is 3.63. The lowest BCUT2D eigenvalue weighted by molar-refractivity contribution is -0.142. The SMILES string of the molecule is CC(CN(C)C(=O)C1=COCCO1)C(=O)O. The fourth-order valence-corrected chi connectivity index (χ4v) is 1.24. The first-order valence-electron chi connectivity index (χ1n) is 4.95. The van der Waals surface area contributed by atoms with Crippen LogP contribution in [0.3, 0.4) is 0 Å². The minimum atomic E-state index is -0.936. The standard InChI is InChI=1S/C10H15NO5/c1-7(10(13)14)5-11(2)9(12)8-6-15-3-4-16-8/h6-7H,3-5H2,1-2H3,(H,13,14). The summed E-state index contributed by atoms with van der Waals surface area (Å²) in [6.45, 7) is 2.43. The summed E-state index contributed by atoms with van der Waals surface area (Å²) >= 11 is 0. The first-order valence-corrected chi connectivity index (χ1v) is 4.95. The van der Waals surface area contributed by atoms with Gasteiger partial charge in [-0.2, -0.15) is 0 Å². The number of amides is 1. The molecular formula is C10H15NO5. The summed E-state index contributed by atoms with van der Waals surface area (Å²) in [5.41, 5.74) is 0. The number of carboxylic acid groups (broad SMARTS) is 1. The van der Waals surface area contributed by atoms with Crippen LogP contribution in [0, 0.1) is 5.92 Å². The van der Waals surface area contributed by atoms with Gasteiger partial charge >= 0.3 is 5.97 Å². The van der Waals surface area contributed by atoms with Crippen molar-refractivity contribution >= 4 is 11.9 Å². The Morgan fingerprint density at radius 3 is 2.75 bits per heavy atom. The lowest BCUT2D eigenvalue weighted by Crippen LogP contribution is -2.36. The summed E-state index contributed by atoms with van der Waals surface area (Å²) in [4.78, 5) is 23.6. The number of likely N-dealkylation sites (N-methyl/N-ethyl adjacent to an activating group) is 1. The zero-order valence-electron chi connectivity index (χ0n) is 9.30. The molecule has 1 aliphatic heterocycles. The highest BCUT2D eigenvalue weighted by Gasteiger charge is 2.22. The predicted octanol–water partition coefficient (Wildman–Crippen LogP) is 0.0537. The van der Waals surface area contributed by atoms with Crippen LogP contribution in [0.1, 0.15) is 6.92 Å². The summed E-state index contributed by atoms with van der Waals surface area (Å²) in [7, 11) is 1.53. The van der Waals surface area contributed by atoms with Crippen LogP contribution in [0.15, 0.2) is 12.0 Å². The molecule has 0 bridgehead atoms. The highest BCUT2D eigenvalue weighted by atomic mass is 16.6. The fourth-order valence-electron chi connectivity index (χ4n) is 1.24. The van der Waals surface area contributed by atoms with E-state index in [2.05, 4.69) is 0 Å². The lowest BCUT2D eigenvalue weighted by Gasteiger charge is -2.22. The fraction of sp³-hybridized carbons (Fsp3) is 0.600. The number of hydrogen-bond acceptors (Lipinski definition) is 4. The zero-order valence-corrected chi connectivity index (χ0v) is 9.30. The topological polar surface area (TPSA) is 76.1 Å². The molecular weight excluding hydrogens is 214 g/mol. The quantitative estimate of drug-likeness (QED) is 0.737. The molecule has 1 aliphatic rings. The molecule has 0 fully saturated rings. The van der Waals surface area contributed by atoms with Gasteiger partial charge < -0.3 is 19.5 Å². The Bertz CT molecular complexity index is 312. The van der Waals surface area contributed by atoms with Crippen LogP contribution >= 0.6 is 0 Å². The van der Waals surface area contributed by atoms with Crippen molar-refractivity contribution in [1.82, 2.24) is 4.90 Å². The maximum atomic E-state index is 11.7. The van der Waals surface area contributed by atoms with E-state index in [1.165, 1.54) is 18.2 Å². The van der Waals surface area contributed by atoms with Gasteiger partial charge in [-0.05, 0) is 0 Å². The Morgan fingerprint density at radius 1 is 1.56 bits per heavy atom. The Kier molecular flexibility index (Phi) is 4.16. The van der Waals surface area contributed by atoms with Crippen molar-refractivity contribution in [3.8, 4) is 0 Å². The molecule has 0 radical (unpaired) electrons. The lowest BCUT2D eigenvalue weighted by atomic mass is 10.2. The normalized spacial score (nSPS) is 16.5. The highest BCUT2D eigenvalue weighted by Crippen LogP contribution is 2.09. The maximum Gasteiger partial charge on any atom is 0.308 e. The average molecular weight is 229 g/mol. The van der Waals surface area contributed by atoms with Gasteiger partial charge in [0.1, 0.15) is 19.5 Å². The number of hydrogen-bond donors (Lipinski definition) is 1. The number of rotatable bonds is 4. The van der Waals surface area contributed by atoms with E-state index in [1.807, 2.05) is 0 Å². The Labute approximate surface area is 93.4 Å². The molecule has 0 spiro atoms. The summed E-state index contributed by atoms with van der Waals surface area (Å²) in [5.74, 6) is -1.80. The van der Waals surface area contributed by atoms with Crippen molar-refractivity contribution < 1.29 is 24.2 Å². The van der Waals surface area contributed by atoms with Gasteiger partial charge in [-0.1, -0.05) is 6.92 Å². The molecule has 1 unspecified atom stereocenters. The Morgan fingerprint density at radius 2 is 2.25 bits per heavy atom. The minimum absolute atomic E-state index is 0.117. The second-order valence-electron chi connectivity index (χ2n) is 3.63. The van der Waals surface area contributed by atoms with Crippen LogP contribution in [0.4, 0.5) is 0 Å². The molecule has 6 nitrogen and oxygen atoms in total. The predicted molar refractivity (Wildman–Crippen MR) is 54.4 cm³/mol. The third-order valence-electron chi connectivity index (χ3n) is 2.18. The van der Waals surface area contributed by atoms with Crippen LogP contribution in [0.5, 0.6) is 0 Å². The molecule has 0 aromatic carbocycles. The molecule has 16 heavy (non-hydrogen) atoms. The summed E-state index contributed by atoms with van der Waals surface area (Å²) in [6, 6.07) is 0. The van der Waals surface area contributed by atoms with Crippen molar-refractivity contribution in [3.63, 3.8) is 0 Å². The monoisotopic (exact) mass is 229 g/mol. The summed E-state index contributed by atoms with van der Waals surface area (Å²) < 4.78 is 10.1. The van der Waals surface area contributed by atoms with E-state index >= 15 is 0 Å². The van der Waals surface area contributed by atoms with Crippen molar-refractivity contribution in [2.75, 3.05) is 26.8 Å². The molecule has 0 saturated carbocycles. The largest absolute Gasteiger partial charge is 0.494 e. The molecule has 1 atom stereocenters. The van der Waals surface area contributed by atoms with Gasteiger partial charge in [0.25, 0.3) is 5.91 Å². The van der Waals surface area contributed by atoms with Crippen LogP contribution in [0.2, 0.25) is 0 Å². The minimum Gasteiger partial charge on any atom is -0.494 e. The molecule has 6 heteroatoms. The molecule has 1 N–H and O–H groups in total. The van der Waals surface area contributed by atoms with Gasteiger partial charge in [-0.25, -0.2) is 0 Å². The molecule has 0 aromatic heterocycles. The van der Waals surface area contributed by atoms with Gasteiger partial charge in [0, 0.05) is 13.6 Å². The van der Waals surface area contributed by atoms with Crippen LogP contribution in [-0.2, 0) is 19.1 Å². The number of carboxylic acids is 1. The highest BCUT2D eigenvalue weighted by molar-refractivity contribution is 5.91. The molecule has 1 rings (SSSR count). The summed E-state index contributed by atoms with van der Waals surface area (Å²) in [5, 5.41) is 8.71. The average Bonchev–Trinajstić information content (AvgIpc) is 2.28. The number of nitrogens with zero attached hydrogens (tertiary/aromatic N) is 1. The van der Waals surface area contributed by atoms with Crippen molar-refractivity contribution in [1.29, 1.82) is 0 Å². The first-order chi connectivity index (χ1) is 7.52. The maximum absolute atomic E-state index is 11.7. The van der Waals surface area contributed by atoms with Gasteiger partial charge in [0.2, 0.25) is 5.76 Å². The number of carbonyl (C=O) groups excluding carboxylic acids is 1. The molecule has 0 aliphatic carbocycles. The van der Waals surface area contributed by atoms with Crippen molar-refractivity contribution in [3.05, 3.63) is 12.0 Å². The zero-order chi connectivity index (χ0) is 12.1. The van der Waals surface area contributed by atoms with Gasteiger partial charge in [0.15, 0.2) is 0 Å². The van der Waals surface area contributed by atoms with E-state index in [-0.39, 0.29) is 18.2 Å². The molecule has 1 heterocycles. The van der Waals surface area contributed by atoms with Gasteiger partial charge in [0.05, 0.1) is 5.92 Å². The Balaban J connectivity index is 2.53. The third-order valence-corrected chi connectivity index (χ3v) is 2.18. The molecule has 0 aromatic rings. The van der Waals surface area contributed by atoms with E-state index in [1.54, 1.807) is 6.92 Å². The third kappa shape index (κ3) is 3.15. The number of carbonyl (C=O) groups is 2. The second kappa shape index (κ2) is 5.39. The van der Waals surface area contributed by atoms with E-state index in [9.17, 15) is 9.59 Å². The van der Waals surface area contributed by atoms with Crippen LogP contribution in [-0.4, -0.2) is 48.7 Å². The summed E-state index contributed by atoms with van der Waals surface area (Å²) in [6.07, 6.45) is 1.26. The van der Waals surface area contributed by atoms with Gasteiger partial charge in [-0.3, -0.25) is 9.59 Å².